The summed E-state index contributed by atoms with van der Waals surface area (Å²) in [7, 11) is 0. The molecule has 0 N–H and O–H groups in total. The lowest BCUT2D eigenvalue weighted by molar-refractivity contribution is 0.0960. The molecule has 3 heterocycles. The second-order valence-electron chi connectivity index (χ2n) is 8.52. The van der Waals surface area contributed by atoms with Crippen LogP contribution in [0.5, 0.6) is 0 Å². The van der Waals surface area contributed by atoms with Crippen LogP contribution in [0.3, 0.4) is 0 Å². The number of nitrogens with zero attached hydrogens (tertiary/aromatic N) is 3. The second kappa shape index (κ2) is 8.48. The summed E-state index contributed by atoms with van der Waals surface area (Å²) in [4.78, 5) is 19.3. The van der Waals surface area contributed by atoms with Crippen molar-refractivity contribution in [1.29, 1.82) is 0 Å². The van der Waals surface area contributed by atoms with E-state index in [0.717, 1.165) is 29.8 Å². The molecule has 0 aliphatic carbocycles. The normalized spacial score (nSPS) is 16.7. The minimum Gasteiger partial charge on any atom is -0.300 e. The highest BCUT2D eigenvalue weighted by Crippen LogP contribution is 2.26. The van der Waals surface area contributed by atoms with E-state index in [2.05, 4.69) is 59.3 Å². The number of likely N-dealkylation sites (tertiary alicyclic amines) is 1. The zero-order valence-corrected chi connectivity index (χ0v) is 17.9. The second-order valence-corrected chi connectivity index (χ2v) is 8.52. The van der Waals surface area contributed by atoms with E-state index >= 15 is 0 Å². The van der Waals surface area contributed by atoms with Crippen LogP contribution in [-0.4, -0.2) is 39.5 Å². The number of fused-ring (bicyclic) bond motifs is 1. The Morgan fingerprint density at radius 3 is 2.45 bits per heavy atom. The summed E-state index contributed by atoms with van der Waals surface area (Å²) in [5.74, 6) is -0.0446. The van der Waals surface area contributed by atoms with Gasteiger partial charge in [0.2, 0.25) is 0 Å². The van der Waals surface area contributed by atoms with E-state index in [4.69, 9.17) is 0 Å². The minimum atomic E-state index is -0.0446. The molecule has 2 aromatic heterocycles. The molecule has 0 spiro atoms. The van der Waals surface area contributed by atoms with Crippen LogP contribution in [0.25, 0.3) is 21.9 Å². The van der Waals surface area contributed by atoms with Gasteiger partial charge in [-0.25, -0.2) is 0 Å². The fourth-order valence-electron chi connectivity index (χ4n) is 4.54. The van der Waals surface area contributed by atoms with Gasteiger partial charge in [-0.3, -0.25) is 14.3 Å². The first-order valence-electron chi connectivity index (χ1n) is 11.1. The smallest absolute Gasteiger partial charge is 0.261 e. The van der Waals surface area contributed by atoms with Crippen molar-refractivity contribution in [1.82, 2.24) is 14.5 Å². The number of benzene rings is 2. The van der Waals surface area contributed by atoms with E-state index in [1.54, 1.807) is 29.1 Å². The van der Waals surface area contributed by atoms with Crippen LogP contribution in [0, 0.1) is 0 Å². The van der Waals surface area contributed by atoms with Crippen molar-refractivity contribution < 1.29 is 4.79 Å². The summed E-state index contributed by atoms with van der Waals surface area (Å²) < 4.78 is 1.66. The molecule has 1 aliphatic heterocycles. The number of aromatic nitrogens is 2. The van der Waals surface area contributed by atoms with Crippen molar-refractivity contribution in [3.8, 4) is 11.1 Å². The molecule has 4 heteroatoms. The third-order valence-corrected chi connectivity index (χ3v) is 6.47. The lowest BCUT2D eigenvalue weighted by Gasteiger charge is -2.20. The molecular formula is C27H27N3O. The van der Waals surface area contributed by atoms with Crippen LogP contribution in [0.1, 0.15) is 35.7 Å². The molecule has 4 aromatic rings. The molecule has 0 amide bonds. The van der Waals surface area contributed by atoms with Crippen LogP contribution >= 0.6 is 0 Å². The predicted octanol–water partition coefficient (Wildman–Crippen LogP) is 5.42. The van der Waals surface area contributed by atoms with Gasteiger partial charge in [-0.1, -0.05) is 36.4 Å². The standard InChI is InChI=1S/C27H27N3O/c1-20-3-2-15-29(20)16-12-21-4-6-22(7-5-21)24-8-9-25-18-30(19-26(25)17-24)27(31)23-10-13-28-14-11-23/h4-11,13-14,17-20H,2-3,12,15-16H2,1H3/t20-/m1/s1. The first-order chi connectivity index (χ1) is 15.2. The first kappa shape index (κ1) is 19.7. The molecule has 1 atom stereocenters. The molecule has 4 nitrogen and oxygen atoms in total. The van der Waals surface area contributed by atoms with E-state index in [-0.39, 0.29) is 5.91 Å². The highest BCUT2D eigenvalue weighted by molar-refractivity contribution is 5.99. The molecule has 0 radical (unpaired) electrons. The van der Waals surface area contributed by atoms with Crippen molar-refractivity contribution >= 4 is 16.7 Å². The van der Waals surface area contributed by atoms with Gasteiger partial charge in [-0.05, 0) is 73.0 Å². The van der Waals surface area contributed by atoms with Gasteiger partial charge >= 0.3 is 0 Å². The average molecular weight is 410 g/mol. The van der Waals surface area contributed by atoms with E-state index < -0.39 is 0 Å². The van der Waals surface area contributed by atoms with Gasteiger partial charge in [-0.2, -0.15) is 0 Å². The Morgan fingerprint density at radius 2 is 1.71 bits per heavy atom. The van der Waals surface area contributed by atoms with Gasteiger partial charge in [0.25, 0.3) is 5.91 Å². The van der Waals surface area contributed by atoms with Gasteiger partial charge < -0.3 is 4.90 Å². The summed E-state index contributed by atoms with van der Waals surface area (Å²) >= 11 is 0. The minimum absolute atomic E-state index is 0.0446. The summed E-state index contributed by atoms with van der Waals surface area (Å²) in [5.41, 5.74) is 4.39. The zero-order valence-electron chi connectivity index (χ0n) is 17.9. The van der Waals surface area contributed by atoms with Crippen molar-refractivity contribution in [3.63, 3.8) is 0 Å². The molecule has 1 fully saturated rings. The SMILES string of the molecule is C[C@@H]1CCCN1CCc1ccc(-c2ccc3cn(C(=O)c4ccncc4)cc3c2)cc1. The maximum absolute atomic E-state index is 12.7. The summed E-state index contributed by atoms with van der Waals surface area (Å²) in [5, 5.41) is 2.12. The van der Waals surface area contributed by atoms with E-state index in [9.17, 15) is 4.79 Å². The third-order valence-electron chi connectivity index (χ3n) is 6.47. The van der Waals surface area contributed by atoms with Crippen LogP contribution in [0.2, 0.25) is 0 Å². The number of hydrogen-bond acceptors (Lipinski definition) is 3. The van der Waals surface area contributed by atoms with Crippen LogP contribution in [-0.2, 0) is 6.42 Å². The lowest BCUT2D eigenvalue weighted by atomic mass is 10.0. The molecule has 31 heavy (non-hydrogen) atoms. The van der Waals surface area contributed by atoms with Gasteiger partial charge in [0.15, 0.2) is 0 Å². The molecule has 0 unspecified atom stereocenters. The fraction of sp³-hybridized carbons (Fsp3) is 0.259. The highest BCUT2D eigenvalue weighted by atomic mass is 16.2. The maximum atomic E-state index is 12.7. The number of rotatable bonds is 5. The Balaban J connectivity index is 1.32. The Morgan fingerprint density at radius 1 is 0.968 bits per heavy atom. The van der Waals surface area contributed by atoms with Crippen molar-refractivity contribution in [2.45, 2.75) is 32.2 Å². The van der Waals surface area contributed by atoms with E-state index in [0.29, 0.717) is 5.56 Å². The third kappa shape index (κ3) is 4.17. The average Bonchev–Trinajstić information content (AvgIpc) is 3.43. The summed E-state index contributed by atoms with van der Waals surface area (Å²) in [6.45, 7) is 4.72. The number of hydrogen-bond donors (Lipinski definition) is 0. The topological polar surface area (TPSA) is 38.1 Å². The Hall–Kier alpha value is -3.24. The molecule has 0 saturated carbocycles. The van der Waals surface area contributed by atoms with Gasteiger partial charge in [-0.15, -0.1) is 0 Å². The Bertz CT molecular complexity index is 1190. The lowest BCUT2D eigenvalue weighted by Crippen LogP contribution is -2.28. The quantitative estimate of drug-likeness (QED) is 0.442. The molecular weight excluding hydrogens is 382 g/mol. The summed E-state index contributed by atoms with van der Waals surface area (Å²) in [6, 6.07) is 19.5. The van der Waals surface area contributed by atoms with E-state index in [1.165, 1.54) is 36.1 Å². The number of carbonyl (C=O) groups is 1. The molecule has 1 aliphatic rings. The molecule has 5 rings (SSSR count). The van der Waals surface area contributed by atoms with Crippen LogP contribution in [0.4, 0.5) is 0 Å². The molecule has 1 saturated heterocycles. The van der Waals surface area contributed by atoms with Gasteiger partial charge in [0.05, 0.1) is 0 Å². The van der Waals surface area contributed by atoms with Gasteiger partial charge in [0.1, 0.15) is 0 Å². The monoisotopic (exact) mass is 409 g/mol. The zero-order chi connectivity index (χ0) is 21.2. The first-order valence-corrected chi connectivity index (χ1v) is 11.1. The fourth-order valence-corrected chi connectivity index (χ4v) is 4.54. The Labute approximate surface area is 183 Å². The highest BCUT2D eigenvalue weighted by Gasteiger charge is 2.19. The maximum Gasteiger partial charge on any atom is 0.261 e. The van der Waals surface area contributed by atoms with Crippen molar-refractivity contribution in [2.24, 2.45) is 0 Å². The Kier molecular flexibility index (Phi) is 5.39. The molecule has 156 valence electrons. The summed E-state index contributed by atoms with van der Waals surface area (Å²) in [6.07, 6.45) is 10.9. The van der Waals surface area contributed by atoms with Crippen LogP contribution in [0.15, 0.2) is 79.4 Å². The van der Waals surface area contributed by atoms with Crippen molar-refractivity contribution in [2.75, 3.05) is 13.1 Å². The van der Waals surface area contributed by atoms with Crippen molar-refractivity contribution in [3.05, 3.63) is 90.5 Å². The molecule has 0 bridgehead atoms. The predicted molar refractivity (Wildman–Crippen MR) is 125 cm³/mol. The van der Waals surface area contributed by atoms with Crippen LogP contribution < -0.4 is 0 Å². The molecule has 2 aromatic carbocycles. The largest absolute Gasteiger partial charge is 0.300 e. The number of carbonyl (C=O) groups excluding carboxylic acids is 1. The van der Waals surface area contributed by atoms with E-state index in [1.807, 2.05) is 12.4 Å². The number of pyridine rings is 1. The van der Waals surface area contributed by atoms with Gasteiger partial charge in [0, 0.05) is 48.3 Å².